The molecule has 1 N–H and O–H groups in total. The molecule has 1 aromatic heterocycles. The predicted octanol–water partition coefficient (Wildman–Crippen LogP) is 2.25. The molecule has 1 atom stereocenters. The summed E-state index contributed by atoms with van der Waals surface area (Å²) in [5.41, 5.74) is 1.76. The molecule has 0 amide bonds. The predicted molar refractivity (Wildman–Crippen MR) is 124 cm³/mol. The summed E-state index contributed by atoms with van der Waals surface area (Å²) < 4.78 is 17.8. The molecule has 0 unspecified atom stereocenters. The van der Waals surface area contributed by atoms with Crippen LogP contribution in [0.5, 0.6) is 17.2 Å². The Labute approximate surface area is 189 Å². The van der Waals surface area contributed by atoms with Crippen molar-refractivity contribution in [3.05, 3.63) is 51.4 Å². The Morgan fingerprint density at radius 2 is 1.72 bits per heavy atom. The zero-order valence-corrected chi connectivity index (χ0v) is 19.8. The van der Waals surface area contributed by atoms with Crippen molar-refractivity contribution in [3.63, 3.8) is 0 Å². The molecule has 0 bridgehead atoms. The summed E-state index contributed by atoms with van der Waals surface area (Å²) in [7, 11) is 4.80. The molecule has 0 spiro atoms. The highest BCUT2D eigenvalue weighted by Gasteiger charge is 2.31. The van der Waals surface area contributed by atoms with Gasteiger partial charge < -0.3 is 28.8 Å². The maximum absolute atomic E-state index is 13.6. The van der Waals surface area contributed by atoms with Crippen LogP contribution in [0.25, 0.3) is 0 Å². The van der Waals surface area contributed by atoms with E-state index in [1.165, 1.54) is 0 Å². The van der Waals surface area contributed by atoms with E-state index in [0.29, 0.717) is 35.9 Å². The first-order valence-electron chi connectivity index (χ1n) is 11.1. The van der Waals surface area contributed by atoms with E-state index in [2.05, 4.69) is 16.7 Å². The summed E-state index contributed by atoms with van der Waals surface area (Å²) >= 11 is 0. The van der Waals surface area contributed by atoms with Crippen LogP contribution in [0.4, 0.5) is 0 Å². The monoisotopic (exact) mass is 445 g/mol. The van der Waals surface area contributed by atoms with E-state index in [1.54, 1.807) is 32.0 Å². The van der Waals surface area contributed by atoms with Gasteiger partial charge in [-0.15, -0.1) is 0 Å². The van der Waals surface area contributed by atoms with Crippen LogP contribution in [0.15, 0.2) is 29.1 Å². The molecular formula is C24H35N3O5. The van der Waals surface area contributed by atoms with Gasteiger partial charge in [0.25, 0.3) is 5.56 Å². The average Bonchev–Trinajstić information content (AvgIpc) is 2.81. The van der Waals surface area contributed by atoms with E-state index in [9.17, 15) is 9.90 Å². The lowest BCUT2D eigenvalue weighted by Gasteiger charge is -2.39. The lowest BCUT2D eigenvalue weighted by atomic mass is 9.95. The summed E-state index contributed by atoms with van der Waals surface area (Å²) in [5.74, 6) is 1.23. The summed E-state index contributed by atoms with van der Waals surface area (Å²) in [4.78, 5) is 18.3. The second kappa shape index (κ2) is 10.8. The van der Waals surface area contributed by atoms with Crippen molar-refractivity contribution >= 4 is 0 Å². The smallest absolute Gasteiger partial charge is 0.259 e. The first-order chi connectivity index (χ1) is 15.4. The van der Waals surface area contributed by atoms with E-state index < -0.39 is 6.04 Å². The number of ether oxygens (including phenoxy) is 3. The number of likely N-dealkylation sites (N-methyl/N-ethyl adjacent to an activating group) is 1. The van der Waals surface area contributed by atoms with Crippen LogP contribution in [0.2, 0.25) is 0 Å². The highest BCUT2D eigenvalue weighted by atomic mass is 16.5. The van der Waals surface area contributed by atoms with Crippen molar-refractivity contribution in [2.75, 3.05) is 60.7 Å². The second-order valence-corrected chi connectivity index (χ2v) is 8.02. The number of rotatable bonds is 9. The number of nitrogens with zero attached hydrogens (tertiary/aromatic N) is 3. The number of aromatic nitrogens is 1. The first-order valence-corrected chi connectivity index (χ1v) is 11.1. The topological polar surface area (TPSA) is 76.4 Å². The molecule has 0 saturated carbocycles. The first kappa shape index (κ1) is 24.1. The van der Waals surface area contributed by atoms with Gasteiger partial charge in [0.05, 0.1) is 32.4 Å². The molecule has 1 aliphatic rings. The standard InChI is InChI=1S/C24H35N3O5/c1-6-25-9-11-26(12-10-25)23(18-7-8-20(31-4)21(16-18)32-5)22-19(28)15-17(2)27(24(22)29)13-14-30-3/h7-8,15-16,23,28H,6,9-14H2,1-5H3/t23-/m1/s1. The summed E-state index contributed by atoms with van der Waals surface area (Å²) in [5, 5.41) is 11.0. The Kier molecular flexibility index (Phi) is 8.17. The number of aryl methyl sites for hydroxylation is 1. The molecule has 8 nitrogen and oxygen atoms in total. The van der Waals surface area contributed by atoms with Gasteiger partial charge >= 0.3 is 0 Å². The molecule has 2 heterocycles. The Bertz CT molecular complexity index is 967. The number of aromatic hydroxyl groups is 1. The highest BCUT2D eigenvalue weighted by molar-refractivity contribution is 5.48. The number of hydrogen-bond donors (Lipinski definition) is 1. The number of hydrogen-bond acceptors (Lipinski definition) is 7. The molecule has 32 heavy (non-hydrogen) atoms. The maximum Gasteiger partial charge on any atom is 0.259 e. The fourth-order valence-corrected chi connectivity index (χ4v) is 4.41. The van der Waals surface area contributed by atoms with Crippen molar-refractivity contribution in [2.45, 2.75) is 26.4 Å². The van der Waals surface area contributed by atoms with E-state index in [4.69, 9.17) is 14.2 Å². The largest absolute Gasteiger partial charge is 0.507 e. The molecule has 176 valence electrons. The SMILES string of the molecule is CCN1CCN([C@H](c2ccc(OC)c(OC)c2)c2c(O)cc(C)n(CCOC)c2=O)CC1. The van der Waals surface area contributed by atoms with Crippen LogP contribution in [0.3, 0.4) is 0 Å². The zero-order chi connectivity index (χ0) is 23.3. The van der Waals surface area contributed by atoms with E-state index in [0.717, 1.165) is 38.3 Å². The lowest BCUT2D eigenvalue weighted by Crippen LogP contribution is -2.48. The van der Waals surface area contributed by atoms with Gasteiger partial charge in [0.2, 0.25) is 0 Å². The number of piperazine rings is 1. The van der Waals surface area contributed by atoms with Crippen molar-refractivity contribution in [2.24, 2.45) is 0 Å². The van der Waals surface area contributed by atoms with Gasteiger partial charge in [0, 0.05) is 45.5 Å². The molecule has 2 aromatic rings. The highest BCUT2D eigenvalue weighted by Crippen LogP contribution is 2.37. The van der Waals surface area contributed by atoms with E-state index in [-0.39, 0.29) is 11.3 Å². The van der Waals surface area contributed by atoms with Crippen molar-refractivity contribution < 1.29 is 19.3 Å². The van der Waals surface area contributed by atoms with Crippen LogP contribution < -0.4 is 15.0 Å². The van der Waals surface area contributed by atoms with Crippen molar-refractivity contribution in [1.82, 2.24) is 14.4 Å². The van der Waals surface area contributed by atoms with Gasteiger partial charge in [-0.2, -0.15) is 0 Å². The number of pyridine rings is 1. The van der Waals surface area contributed by atoms with Gasteiger partial charge in [-0.05, 0) is 37.2 Å². The molecule has 8 heteroatoms. The molecule has 1 aromatic carbocycles. The molecular weight excluding hydrogens is 410 g/mol. The fraction of sp³-hybridized carbons (Fsp3) is 0.542. The Morgan fingerprint density at radius 1 is 1.03 bits per heavy atom. The minimum Gasteiger partial charge on any atom is -0.507 e. The van der Waals surface area contributed by atoms with Crippen LogP contribution in [0, 0.1) is 6.92 Å². The summed E-state index contributed by atoms with van der Waals surface area (Å²) in [6, 6.07) is 6.95. The average molecular weight is 446 g/mol. The third-order valence-electron chi connectivity index (χ3n) is 6.26. The maximum atomic E-state index is 13.6. The van der Waals surface area contributed by atoms with Gasteiger partial charge in [-0.1, -0.05) is 13.0 Å². The van der Waals surface area contributed by atoms with E-state index in [1.807, 2.05) is 25.1 Å². The molecule has 0 radical (unpaired) electrons. The third-order valence-corrected chi connectivity index (χ3v) is 6.26. The minimum absolute atomic E-state index is 0.0128. The fourth-order valence-electron chi connectivity index (χ4n) is 4.41. The summed E-state index contributed by atoms with van der Waals surface area (Å²) in [6.45, 7) is 9.21. The zero-order valence-electron chi connectivity index (χ0n) is 19.8. The van der Waals surface area contributed by atoms with Crippen LogP contribution in [-0.4, -0.2) is 80.1 Å². The van der Waals surface area contributed by atoms with Gasteiger partial charge in [0.1, 0.15) is 5.75 Å². The normalized spacial score (nSPS) is 16.2. The van der Waals surface area contributed by atoms with Gasteiger partial charge in [0.15, 0.2) is 11.5 Å². The van der Waals surface area contributed by atoms with Crippen molar-refractivity contribution in [3.8, 4) is 17.2 Å². The Balaban J connectivity index is 2.15. The van der Waals surface area contributed by atoms with Crippen LogP contribution in [-0.2, 0) is 11.3 Å². The quantitative estimate of drug-likeness (QED) is 0.634. The molecule has 1 saturated heterocycles. The van der Waals surface area contributed by atoms with Crippen LogP contribution >= 0.6 is 0 Å². The van der Waals surface area contributed by atoms with Gasteiger partial charge in [-0.25, -0.2) is 0 Å². The minimum atomic E-state index is -0.407. The molecule has 1 aliphatic heterocycles. The lowest BCUT2D eigenvalue weighted by molar-refractivity contribution is 0.111. The van der Waals surface area contributed by atoms with Crippen LogP contribution in [0.1, 0.15) is 29.8 Å². The van der Waals surface area contributed by atoms with E-state index >= 15 is 0 Å². The number of methoxy groups -OCH3 is 3. The third kappa shape index (κ3) is 4.92. The molecule has 1 fully saturated rings. The Morgan fingerprint density at radius 3 is 2.31 bits per heavy atom. The van der Waals surface area contributed by atoms with Gasteiger partial charge in [-0.3, -0.25) is 9.69 Å². The molecule has 3 rings (SSSR count). The number of benzene rings is 1. The molecule has 0 aliphatic carbocycles. The Hall–Kier alpha value is -2.55. The summed E-state index contributed by atoms with van der Waals surface area (Å²) in [6.07, 6.45) is 0. The second-order valence-electron chi connectivity index (χ2n) is 8.02. The van der Waals surface area contributed by atoms with Crippen molar-refractivity contribution in [1.29, 1.82) is 0 Å².